The molecule has 0 amide bonds. The molecule has 2 bridgehead atoms. The van der Waals surface area contributed by atoms with Crippen LogP contribution in [-0.4, -0.2) is 39.1 Å². The van der Waals surface area contributed by atoms with E-state index in [1.54, 1.807) is 25.3 Å². The highest BCUT2D eigenvalue weighted by Crippen LogP contribution is 2.54. The molecule has 9 heteroatoms. The zero-order chi connectivity index (χ0) is 18.5. The fourth-order valence-corrected chi connectivity index (χ4v) is 4.61. The summed E-state index contributed by atoms with van der Waals surface area (Å²) < 4.78 is 35.8. The predicted octanol–water partition coefficient (Wildman–Crippen LogP) is 3.41. The third-order valence-electron chi connectivity index (χ3n) is 5.48. The normalized spacial score (nSPS) is 29.7. The van der Waals surface area contributed by atoms with Gasteiger partial charge in [-0.1, -0.05) is 0 Å². The smallest absolute Gasteiger partial charge is 0.311 e. The van der Waals surface area contributed by atoms with Crippen LogP contribution in [0, 0.1) is 17.8 Å². The maximum Gasteiger partial charge on any atom is 0.311 e. The Morgan fingerprint density at radius 3 is 3.04 bits per heavy atom. The number of fused-ring (bicyclic) bond motifs is 4. The van der Waals surface area contributed by atoms with Gasteiger partial charge in [-0.15, -0.1) is 5.10 Å². The summed E-state index contributed by atoms with van der Waals surface area (Å²) in [6.07, 6.45) is 2.39. The molecule has 0 aliphatic heterocycles. The number of alkyl halides is 2. The number of nitrogens with one attached hydrogen (secondary N) is 1. The lowest BCUT2D eigenvalue weighted by atomic mass is 9.59. The average Bonchev–Trinajstić information content (AvgIpc) is 3.02. The van der Waals surface area contributed by atoms with Gasteiger partial charge in [0, 0.05) is 24.6 Å². The molecule has 0 aromatic carbocycles. The molecule has 1 N–H and O–H groups in total. The maximum absolute atomic E-state index is 14.6. The van der Waals surface area contributed by atoms with Crippen LogP contribution < -0.4 is 5.32 Å². The molecule has 26 heavy (non-hydrogen) atoms. The highest BCUT2D eigenvalue weighted by molar-refractivity contribution is 6.28. The van der Waals surface area contributed by atoms with Crippen LogP contribution in [0.25, 0.3) is 5.52 Å². The highest BCUT2D eigenvalue weighted by Gasteiger charge is 2.60. The van der Waals surface area contributed by atoms with Crippen LogP contribution in [0.4, 0.5) is 14.6 Å². The minimum absolute atomic E-state index is 0.00314. The third kappa shape index (κ3) is 2.80. The van der Waals surface area contributed by atoms with Gasteiger partial charge in [0.2, 0.25) is 5.28 Å². The second-order valence-electron chi connectivity index (χ2n) is 6.92. The second-order valence-corrected chi connectivity index (χ2v) is 7.26. The Labute approximate surface area is 153 Å². The van der Waals surface area contributed by atoms with Crippen LogP contribution in [0.1, 0.15) is 26.2 Å². The van der Waals surface area contributed by atoms with Crippen molar-refractivity contribution in [2.45, 2.75) is 38.2 Å². The largest absolute Gasteiger partial charge is 0.466 e. The zero-order valence-corrected chi connectivity index (χ0v) is 14.9. The number of carbonyl (C=O) groups is 1. The summed E-state index contributed by atoms with van der Waals surface area (Å²) in [7, 11) is 0. The van der Waals surface area contributed by atoms with E-state index in [4.69, 9.17) is 16.3 Å². The fourth-order valence-electron chi connectivity index (χ4n) is 4.44. The number of anilines is 1. The van der Waals surface area contributed by atoms with Crippen LogP contribution in [0.15, 0.2) is 18.3 Å². The molecule has 6 nitrogen and oxygen atoms in total. The number of rotatable bonds is 4. The Balaban J connectivity index is 1.73. The molecule has 0 unspecified atom stereocenters. The third-order valence-corrected chi connectivity index (χ3v) is 5.64. The van der Waals surface area contributed by atoms with Crippen LogP contribution in [-0.2, 0) is 9.53 Å². The Hall–Kier alpha value is -1.96. The molecule has 0 radical (unpaired) electrons. The van der Waals surface area contributed by atoms with E-state index in [-0.39, 0.29) is 18.3 Å². The highest BCUT2D eigenvalue weighted by atomic mass is 35.5. The van der Waals surface area contributed by atoms with Gasteiger partial charge in [0.25, 0.3) is 5.92 Å². The van der Waals surface area contributed by atoms with Gasteiger partial charge in [-0.3, -0.25) is 4.79 Å². The molecule has 5 rings (SSSR count). The Morgan fingerprint density at radius 2 is 2.31 bits per heavy atom. The van der Waals surface area contributed by atoms with Crippen molar-refractivity contribution in [1.82, 2.24) is 14.6 Å². The number of ether oxygens (including phenoxy) is 1. The first-order chi connectivity index (χ1) is 12.4. The first kappa shape index (κ1) is 17.5. The molecule has 2 heterocycles. The molecule has 2 aromatic heterocycles. The van der Waals surface area contributed by atoms with Gasteiger partial charge in [-0.25, -0.2) is 13.3 Å². The number of aromatic nitrogens is 3. The molecule has 4 atom stereocenters. The Kier molecular flexibility index (Phi) is 4.25. The van der Waals surface area contributed by atoms with Crippen LogP contribution in [0.3, 0.4) is 0 Å². The number of nitrogens with zero attached hydrogens (tertiary/aromatic N) is 3. The fraction of sp³-hybridized carbons (Fsp3) is 0.588. The molecule has 2 aromatic rings. The summed E-state index contributed by atoms with van der Waals surface area (Å²) >= 11 is 5.96. The number of halogens is 3. The first-order valence-electron chi connectivity index (χ1n) is 8.72. The van der Waals surface area contributed by atoms with Crippen molar-refractivity contribution in [2.75, 3.05) is 11.9 Å². The van der Waals surface area contributed by atoms with Crippen molar-refractivity contribution in [3.8, 4) is 0 Å². The monoisotopic (exact) mass is 384 g/mol. The van der Waals surface area contributed by atoms with E-state index in [1.807, 2.05) is 0 Å². The van der Waals surface area contributed by atoms with Crippen molar-refractivity contribution in [1.29, 1.82) is 0 Å². The first-order valence-corrected chi connectivity index (χ1v) is 9.10. The van der Waals surface area contributed by atoms with E-state index < -0.39 is 35.7 Å². The quantitative estimate of drug-likeness (QED) is 0.818. The second kappa shape index (κ2) is 6.33. The van der Waals surface area contributed by atoms with Gasteiger partial charge >= 0.3 is 5.97 Å². The number of hydrogen-bond donors (Lipinski definition) is 1. The van der Waals surface area contributed by atoms with Gasteiger partial charge in [-0.2, -0.15) is 4.98 Å². The Bertz CT molecular complexity index is 843. The molecule has 0 saturated heterocycles. The lowest BCUT2D eigenvalue weighted by molar-refractivity contribution is -0.179. The van der Waals surface area contributed by atoms with Crippen molar-refractivity contribution in [3.63, 3.8) is 0 Å². The minimum Gasteiger partial charge on any atom is -0.466 e. The number of carbonyl (C=O) groups excluding carboxylic acids is 1. The van der Waals surface area contributed by atoms with Crippen molar-refractivity contribution >= 4 is 28.9 Å². The van der Waals surface area contributed by atoms with E-state index in [2.05, 4.69) is 15.4 Å². The summed E-state index contributed by atoms with van der Waals surface area (Å²) in [5.74, 6) is -4.90. The topological polar surface area (TPSA) is 68.5 Å². The van der Waals surface area contributed by atoms with Crippen LogP contribution in [0.2, 0.25) is 5.28 Å². The summed E-state index contributed by atoms with van der Waals surface area (Å²) in [4.78, 5) is 16.7. The maximum atomic E-state index is 14.6. The summed E-state index contributed by atoms with van der Waals surface area (Å²) in [6, 6.07) is 2.76. The standard InChI is InChI=1S/C17H19ClF2N4O2/c1-2-26-15(25)12-9-5-6-10(17(19,20)8-9)13(12)21-14-11-4-3-7-24(11)23-16(18)22-14/h3-4,7,9-10,12-13H,2,5-6,8H2,1H3,(H,21,22,23)/t9-,10-,12+,13+/m0/s1. The molecule has 3 fully saturated rings. The average molecular weight is 385 g/mol. The van der Waals surface area contributed by atoms with E-state index in [1.165, 1.54) is 4.52 Å². The van der Waals surface area contributed by atoms with Gasteiger partial charge in [0.1, 0.15) is 5.52 Å². The van der Waals surface area contributed by atoms with Crippen LogP contribution in [0.5, 0.6) is 0 Å². The molecule has 0 spiro atoms. The molecule has 3 saturated carbocycles. The lowest BCUT2D eigenvalue weighted by Crippen LogP contribution is -2.59. The predicted molar refractivity (Wildman–Crippen MR) is 91.3 cm³/mol. The molecular weight excluding hydrogens is 366 g/mol. The molecule has 140 valence electrons. The van der Waals surface area contributed by atoms with E-state index in [0.29, 0.717) is 24.2 Å². The van der Waals surface area contributed by atoms with Crippen molar-refractivity contribution in [2.24, 2.45) is 17.8 Å². The van der Waals surface area contributed by atoms with Gasteiger partial charge in [0.15, 0.2) is 5.82 Å². The van der Waals surface area contributed by atoms with E-state index in [9.17, 15) is 13.6 Å². The van der Waals surface area contributed by atoms with E-state index >= 15 is 0 Å². The summed E-state index contributed by atoms with van der Waals surface area (Å²) in [6.45, 7) is 1.93. The molecule has 3 aliphatic rings. The van der Waals surface area contributed by atoms with Crippen molar-refractivity contribution < 1.29 is 18.3 Å². The Morgan fingerprint density at radius 1 is 1.50 bits per heavy atom. The van der Waals surface area contributed by atoms with E-state index in [0.717, 1.165) is 0 Å². The molecule has 3 aliphatic carbocycles. The van der Waals surface area contributed by atoms with Gasteiger partial charge in [-0.05, 0) is 49.4 Å². The van der Waals surface area contributed by atoms with Crippen molar-refractivity contribution in [3.05, 3.63) is 23.6 Å². The SMILES string of the molecule is CCOC(=O)[C@@H]1[C@H]2CC[C@@H]([C@H]1Nc1nc(Cl)nn3cccc13)C(F)(F)C2. The lowest BCUT2D eigenvalue weighted by Gasteiger charge is -2.51. The zero-order valence-electron chi connectivity index (χ0n) is 14.2. The van der Waals surface area contributed by atoms with Gasteiger partial charge in [0.05, 0.1) is 12.5 Å². The molecular formula is C17H19ClF2N4O2. The van der Waals surface area contributed by atoms with Gasteiger partial charge < -0.3 is 10.1 Å². The number of hydrogen-bond acceptors (Lipinski definition) is 5. The summed E-state index contributed by atoms with van der Waals surface area (Å²) in [5.41, 5.74) is 0.613. The number of esters is 1. The summed E-state index contributed by atoms with van der Waals surface area (Å²) in [5, 5.41) is 7.13. The van der Waals surface area contributed by atoms with Crippen LogP contribution >= 0.6 is 11.6 Å². The minimum atomic E-state index is -2.82.